The monoisotopic (exact) mass is 195 g/mol. The zero-order chi connectivity index (χ0) is 10.3. The summed E-state index contributed by atoms with van der Waals surface area (Å²) in [6, 6.07) is 0. The van der Waals surface area contributed by atoms with Crippen LogP contribution in [0.5, 0.6) is 0 Å². The highest BCUT2D eigenvalue weighted by atomic mass is 16.2. The summed E-state index contributed by atoms with van der Waals surface area (Å²) < 4.78 is 0. The van der Waals surface area contributed by atoms with Crippen LogP contribution in [0.1, 0.15) is 39.5 Å². The minimum absolute atomic E-state index is 0.197. The number of hydrogen-bond donors (Lipinski definition) is 0. The second-order valence-corrected chi connectivity index (χ2v) is 5.08. The average Bonchev–Trinajstić information content (AvgIpc) is 2.20. The van der Waals surface area contributed by atoms with E-state index in [2.05, 4.69) is 0 Å². The largest absolute Gasteiger partial charge is 0.330 e. The highest BCUT2D eigenvalue weighted by Gasteiger charge is 2.43. The standard InChI is InChI=1S/C11H17NO2/c1-11(2)6-9(13)7-12(11)10(14)8-4-3-5-8/h8H,3-7H2,1-2H3. The predicted octanol–water partition coefficient (Wildman–Crippen LogP) is 1.37. The van der Waals surface area contributed by atoms with Gasteiger partial charge in [0.05, 0.1) is 6.54 Å². The SMILES string of the molecule is CC1(C)CC(=O)CN1C(=O)C1CCC1. The fourth-order valence-electron chi connectivity index (χ4n) is 2.28. The van der Waals surface area contributed by atoms with Crippen molar-refractivity contribution in [1.82, 2.24) is 4.90 Å². The van der Waals surface area contributed by atoms with Crippen LogP contribution in [0, 0.1) is 5.92 Å². The zero-order valence-corrected chi connectivity index (χ0v) is 8.88. The third kappa shape index (κ3) is 1.45. The lowest BCUT2D eigenvalue weighted by Gasteiger charge is -2.36. The number of hydrogen-bond acceptors (Lipinski definition) is 2. The maximum absolute atomic E-state index is 12.0. The lowest BCUT2D eigenvalue weighted by molar-refractivity contribution is -0.142. The van der Waals surface area contributed by atoms with Crippen molar-refractivity contribution in [2.24, 2.45) is 5.92 Å². The molecule has 0 atom stereocenters. The molecule has 2 rings (SSSR count). The van der Waals surface area contributed by atoms with Gasteiger partial charge >= 0.3 is 0 Å². The molecule has 3 nitrogen and oxygen atoms in total. The third-order valence-electron chi connectivity index (χ3n) is 3.42. The molecule has 2 fully saturated rings. The quantitative estimate of drug-likeness (QED) is 0.633. The minimum Gasteiger partial charge on any atom is -0.330 e. The van der Waals surface area contributed by atoms with Crippen LogP contribution in [-0.2, 0) is 9.59 Å². The molecule has 1 saturated carbocycles. The summed E-state index contributed by atoms with van der Waals surface area (Å²) in [6.45, 7) is 4.30. The first-order valence-electron chi connectivity index (χ1n) is 5.34. The smallest absolute Gasteiger partial charge is 0.226 e. The summed E-state index contributed by atoms with van der Waals surface area (Å²) >= 11 is 0. The molecule has 1 saturated heterocycles. The summed E-state index contributed by atoms with van der Waals surface area (Å²) in [4.78, 5) is 25.0. The van der Waals surface area contributed by atoms with Gasteiger partial charge in [-0.15, -0.1) is 0 Å². The number of amides is 1. The Hall–Kier alpha value is -0.860. The number of carbonyl (C=O) groups excluding carboxylic acids is 2. The van der Waals surface area contributed by atoms with Crippen molar-refractivity contribution in [2.45, 2.75) is 45.1 Å². The van der Waals surface area contributed by atoms with Crippen molar-refractivity contribution >= 4 is 11.7 Å². The molecule has 78 valence electrons. The summed E-state index contributed by atoms with van der Waals surface area (Å²) in [5.74, 6) is 0.606. The third-order valence-corrected chi connectivity index (χ3v) is 3.42. The van der Waals surface area contributed by atoms with Gasteiger partial charge in [-0.25, -0.2) is 0 Å². The van der Waals surface area contributed by atoms with Gasteiger partial charge in [0.25, 0.3) is 0 Å². The molecule has 1 heterocycles. The number of likely N-dealkylation sites (tertiary alicyclic amines) is 1. The van der Waals surface area contributed by atoms with E-state index in [9.17, 15) is 9.59 Å². The van der Waals surface area contributed by atoms with Crippen LogP contribution < -0.4 is 0 Å². The normalized spacial score (nSPS) is 26.4. The van der Waals surface area contributed by atoms with Gasteiger partial charge in [0.2, 0.25) is 5.91 Å². The molecule has 3 heteroatoms. The summed E-state index contributed by atoms with van der Waals surface area (Å²) in [7, 11) is 0. The Morgan fingerprint density at radius 2 is 2.07 bits per heavy atom. The Kier molecular flexibility index (Phi) is 2.13. The van der Waals surface area contributed by atoms with Crippen LogP contribution in [-0.4, -0.2) is 28.7 Å². The fraction of sp³-hybridized carbons (Fsp3) is 0.818. The van der Waals surface area contributed by atoms with E-state index in [4.69, 9.17) is 0 Å². The van der Waals surface area contributed by atoms with Gasteiger partial charge in [-0.3, -0.25) is 9.59 Å². The van der Waals surface area contributed by atoms with Crippen molar-refractivity contribution in [1.29, 1.82) is 0 Å². The molecule has 14 heavy (non-hydrogen) atoms. The molecule has 1 amide bonds. The summed E-state index contributed by atoms with van der Waals surface area (Å²) in [5.41, 5.74) is -0.246. The molecular weight excluding hydrogens is 178 g/mol. The molecule has 0 aromatic rings. The van der Waals surface area contributed by atoms with Crippen molar-refractivity contribution in [3.63, 3.8) is 0 Å². The van der Waals surface area contributed by atoms with E-state index >= 15 is 0 Å². The van der Waals surface area contributed by atoms with Crippen LogP contribution in [0.25, 0.3) is 0 Å². The van der Waals surface area contributed by atoms with Crippen molar-refractivity contribution in [3.8, 4) is 0 Å². The van der Waals surface area contributed by atoms with Gasteiger partial charge in [-0.2, -0.15) is 0 Å². The van der Waals surface area contributed by atoms with E-state index in [1.54, 1.807) is 4.90 Å². The zero-order valence-electron chi connectivity index (χ0n) is 8.88. The maximum atomic E-state index is 12.0. The van der Waals surface area contributed by atoms with Gasteiger partial charge in [0.15, 0.2) is 5.78 Å². The minimum atomic E-state index is -0.246. The van der Waals surface area contributed by atoms with Gasteiger partial charge in [-0.05, 0) is 26.7 Å². The van der Waals surface area contributed by atoms with E-state index in [-0.39, 0.29) is 23.1 Å². The predicted molar refractivity (Wildman–Crippen MR) is 52.8 cm³/mol. The molecule has 0 N–H and O–H groups in total. The Balaban J connectivity index is 2.09. The molecule has 0 radical (unpaired) electrons. The lowest BCUT2D eigenvalue weighted by atomic mass is 9.83. The van der Waals surface area contributed by atoms with E-state index < -0.39 is 0 Å². The number of nitrogens with zero attached hydrogens (tertiary/aromatic N) is 1. The van der Waals surface area contributed by atoms with E-state index in [1.165, 1.54) is 6.42 Å². The fourth-order valence-corrected chi connectivity index (χ4v) is 2.28. The van der Waals surface area contributed by atoms with E-state index in [0.717, 1.165) is 12.8 Å². The molecule has 0 aromatic carbocycles. The highest BCUT2D eigenvalue weighted by Crippen LogP contribution is 2.34. The Labute approximate surface area is 84.5 Å². The van der Waals surface area contributed by atoms with Gasteiger partial charge in [-0.1, -0.05) is 6.42 Å². The van der Waals surface area contributed by atoms with Crippen molar-refractivity contribution < 1.29 is 9.59 Å². The topological polar surface area (TPSA) is 37.4 Å². The molecule has 0 unspecified atom stereocenters. The molecule has 1 aliphatic carbocycles. The molecule has 2 aliphatic rings. The van der Waals surface area contributed by atoms with Gasteiger partial charge in [0.1, 0.15) is 0 Å². The van der Waals surface area contributed by atoms with Crippen LogP contribution in [0.2, 0.25) is 0 Å². The number of rotatable bonds is 1. The Morgan fingerprint density at radius 1 is 1.43 bits per heavy atom. The molecule has 0 aromatic heterocycles. The second kappa shape index (κ2) is 3.07. The second-order valence-electron chi connectivity index (χ2n) is 5.08. The number of ketones is 1. The van der Waals surface area contributed by atoms with Gasteiger partial charge in [0, 0.05) is 17.9 Å². The van der Waals surface area contributed by atoms with Crippen LogP contribution in [0.3, 0.4) is 0 Å². The van der Waals surface area contributed by atoms with Crippen molar-refractivity contribution in [3.05, 3.63) is 0 Å². The Morgan fingerprint density at radius 3 is 2.43 bits per heavy atom. The van der Waals surface area contributed by atoms with Crippen LogP contribution in [0.4, 0.5) is 0 Å². The average molecular weight is 195 g/mol. The van der Waals surface area contributed by atoms with E-state index in [1.807, 2.05) is 13.8 Å². The number of Topliss-reactive ketones (excluding diaryl/α,β-unsaturated/α-hetero) is 1. The number of carbonyl (C=O) groups is 2. The first kappa shape index (κ1) is 9.69. The lowest BCUT2D eigenvalue weighted by Crippen LogP contribution is -2.47. The Bertz CT molecular complexity index is 279. The van der Waals surface area contributed by atoms with Gasteiger partial charge < -0.3 is 4.90 Å². The van der Waals surface area contributed by atoms with Crippen LogP contribution in [0.15, 0.2) is 0 Å². The summed E-state index contributed by atoms with van der Waals surface area (Å²) in [5, 5.41) is 0. The molecule has 0 bridgehead atoms. The first-order chi connectivity index (χ1) is 6.50. The maximum Gasteiger partial charge on any atom is 0.226 e. The first-order valence-corrected chi connectivity index (χ1v) is 5.34. The highest BCUT2D eigenvalue weighted by molar-refractivity contribution is 5.92. The van der Waals surface area contributed by atoms with Crippen LogP contribution >= 0.6 is 0 Å². The molecule has 0 spiro atoms. The molecule has 1 aliphatic heterocycles. The van der Waals surface area contributed by atoms with Crippen molar-refractivity contribution in [2.75, 3.05) is 6.54 Å². The van der Waals surface area contributed by atoms with E-state index in [0.29, 0.717) is 13.0 Å². The molecular formula is C11H17NO2. The summed E-state index contributed by atoms with van der Waals surface area (Å²) in [6.07, 6.45) is 3.71.